The molecule has 0 unspecified atom stereocenters. The Bertz CT molecular complexity index is 262. The second-order valence-electron chi connectivity index (χ2n) is 4.37. The Morgan fingerprint density at radius 1 is 1.47 bits per heavy atom. The van der Waals surface area contributed by atoms with Gasteiger partial charge in [-0.05, 0) is 44.8 Å². The average molecular weight is 208 g/mol. The highest BCUT2D eigenvalue weighted by Crippen LogP contribution is 2.20. The van der Waals surface area contributed by atoms with Crippen molar-refractivity contribution in [2.45, 2.75) is 25.8 Å². The number of rotatable bonds is 4. The average Bonchev–Trinajstić information content (AvgIpc) is 2.74. The van der Waals surface area contributed by atoms with Crippen molar-refractivity contribution in [1.29, 1.82) is 0 Å². The molecule has 1 aliphatic rings. The number of imidazole rings is 1. The molecule has 0 amide bonds. The van der Waals surface area contributed by atoms with Crippen LogP contribution in [0, 0.1) is 5.92 Å². The van der Waals surface area contributed by atoms with Gasteiger partial charge in [-0.3, -0.25) is 4.90 Å². The maximum Gasteiger partial charge on any atom is 0.0922 e. The molecule has 1 aliphatic heterocycles. The number of nitrogens with two attached hydrogens (primary N) is 1. The molecule has 84 valence electrons. The Labute approximate surface area is 90.9 Å². The number of hydrogen-bond donors (Lipinski definition) is 2. The van der Waals surface area contributed by atoms with E-state index in [9.17, 15) is 0 Å². The highest BCUT2D eigenvalue weighted by atomic mass is 15.1. The van der Waals surface area contributed by atoms with Crippen molar-refractivity contribution >= 4 is 0 Å². The second-order valence-corrected chi connectivity index (χ2v) is 4.37. The van der Waals surface area contributed by atoms with E-state index in [1.54, 1.807) is 6.33 Å². The van der Waals surface area contributed by atoms with Gasteiger partial charge in [0.05, 0.1) is 6.33 Å². The van der Waals surface area contributed by atoms with Gasteiger partial charge in [0, 0.05) is 18.4 Å². The predicted octanol–water partition coefficient (Wildman–Crippen LogP) is 0.970. The SMILES string of the molecule is NCCC1CCN(Cc2cnc[nH]2)CC1. The number of nitrogens with one attached hydrogen (secondary N) is 1. The van der Waals surface area contributed by atoms with E-state index in [-0.39, 0.29) is 0 Å². The first kappa shape index (κ1) is 10.6. The van der Waals surface area contributed by atoms with Crippen molar-refractivity contribution in [3.05, 3.63) is 18.2 Å². The molecule has 4 heteroatoms. The summed E-state index contributed by atoms with van der Waals surface area (Å²) in [5.41, 5.74) is 6.79. The molecule has 2 rings (SSSR count). The summed E-state index contributed by atoms with van der Waals surface area (Å²) in [6, 6.07) is 0. The molecule has 0 aromatic carbocycles. The van der Waals surface area contributed by atoms with E-state index in [4.69, 9.17) is 5.73 Å². The lowest BCUT2D eigenvalue weighted by Gasteiger charge is -2.31. The first-order valence-corrected chi connectivity index (χ1v) is 5.78. The minimum atomic E-state index is 0.839. The van der Waals surface area contributed by atoms with Gasteiger partial charge in [-0.2, -0.15) is 0 Å². The van der Waals surface area contributed by atoms with Crippen molar-refractivity contribution in [2.24, 2.45) is 11.7 Å². The topological polar surface area (TPSA) is 57.9 Å². The molecule has 1 fully saturated rings. The lowest BCUT2D eigenvalue weighted by atomic mass is 9.93. The lowest BCUT2D eigenvalue weighted by Crippen LogP contribution is -2.33. The zero-order chi connectivity index (χ0) is 10.5. The van der Waals surface area contributed by atoms with Crippen LogP contribution in [0.4, 0.5) is 0 Å². The number of H-pyrrole nitrogens is 1. The van der Waals surface area contributed by atoms with E-state index in [0.717, 1.165) is 19.0 Å². The molecule has 3 N–H and O–H groups in total. The fourth-order valence-electron chi connectivity index (χ4n) is 2.28. The minimum Gasteiger partial charge on any atom is -0.347 e. The number of piperidine rings is 1. The van der Waals surface area contributed by atoms with Crippen molar-refractivity contribution < 1.29 is 0 Å². The summed E-state index contributed by atoms with van der Waals surface area (Å²) < 4.78 is 0. The van der Waals surface area contributed by atoms with Crippen LogP contribution in [0.2, 0.25) is 0 Å². The molecule has 4 nitrogen and oxygen atoms in total. The van der Waals surface area contributed by atoms with Crippen LogP contribution in [0.3, 0.4) is 0 Å². The van der Waals surface area contributed by atoms with Gasteiger partial charge in [-0.1, -0.05) is 0 Å². The van der Waals surface area contributed by atoms with Crippen molar-refractivity contribution in [3.63, 3.8) is 0 Å². The van der Waals surface area contributed by atoms with Gasteiger partial charge < -0.3 is 10.7 Å². The van der Waals surface area contributed by atoms with Crippen LogP contribution < -0.4 is 5.73 Å². The minimum absolute atomic E-state index is 0.839. The summed E-state index contributed by atoms with van der Waals surface area (Å²) >= 11 is 0. The van der Waals surface area contributed by atoms with Crippen molar-refractivity contribution in [2.75, 3.05) is 19.6 Å². The molecule has 15 heavy (non-hydrogen) atoms. The highest BCUT2D eigenvalue weighted by molar-refractivity contribution is 4.94. The molecule has 0 bridgehead atoms. The Balaban J connectivity index is 1.74. The normalized spacial score (nSPS) is 19.5. The molecule has 0 radical (unpaired) electrons. The van der Waals surface area contributed by atoms with E-state index in [2.05, 4.69) is 14.9 Å². The van der Waals surface area contributed by atoms with E-state index in [1.807, 2.05) is 6.20 Å². The van der Waals surface area contributed by atoms with E-state index in [0.29, 0.717) is 0 Å². The third-order valence-electron chi connectivity index (χ3n) is 3.23. The van der Waals surface area contributed by atoms with Gasteiger partial charge >= 0.3 is 0 Å². The second kappa shape index (κ2) is 5.28. The summed E-state index contributed by atoms with van der Waals surface area (Å²) in [5.74, 6) is 0.855. The van der Waals surface area contributed by atoms with Crippen molar-refractivity contribution in [1.82, 2.24) is 14.9 Å². The van der Waals surface area contributed by atoms with Gasteiger partial charge in [0.25, 0.3) is 0 Å². The lowest BCUT2D eigenvalue weighted by molar-refractivity contribution is 0.172. The smallest absolute Gasteiger partial charge is 0.0922 e. The number of aromatic amines is 1. The van der Waals surface area contributed by atoms with Gasteiger partial charge in [-0.15, -0.1) is 0 Å². The summed E-state index contributed by atoms with van der Waals surface area (Å²) in [5, 5.41) is 0. The van der Waals surface area contributed by atoms with E-state index < -0.39 is 0 Å². The largest absolute Gasteiger partial charge is 0.347 e. The zero-order valence-corrected chi connectivity index (χ0v) is 9.15. The maximum absolute atomic E-state index is 5.58. The van der Waals surface area contributed by atoms with Crippen LogP contribution >= 0.6 is 0 Å². The highest BCUT2D eigenvalue weighted by Gasteiger charge is 2.18. The van der Waals surface area contributed by atoms with Gasteiger partial charge in [-0.25, -0.2) is 4.98 Å². The Morgan fingerprint density at radius 3 is 2.87 bits per heavy atom. The van der Waals surface area contributed by atoms with Crippen LogP contribution in [-0.4, -0.2) is 34.5 Å². The van der Waals surface area contributed by atoms with Gasteiger partial charge in [0.1, 0.15) is 0 Å². The first-order valence-electron chi connectivity index (χ1n) is 5.78. The van der Waals surface area contributed by atoms with E-state index >= 15 is 0 Å². The third kappa shape index (κ3) is 3.04. The molecular formula is C11H20N4. The third-order valence-corrected chi connectivity index (χ3v) is 3.23. The van der Waals surface area contributed by atoms with Crippen LogP contribution in [0.25, 0.3) is 0 Å². The van der Waals surface area contributed by atoms with Crippen LogP contribution in [0.15, 0.2) is 12.5 Å². The maximum atomic E-state index is 5.58. The van der Waals surface area contributed by atoms with E-state index in [1.165, 1.54) is 38.0 Å². The van der Waals surface area contributed by atoms with Gasteiger partial charge in [0.15, 0.2) is 0 Å². The van der Waals surface area contributed by atoms with Crippen molar-refractivity contribution in [3.8, 4) is 0 Å². The summed E-state index contributed by atoms with van der Waals surface area (Å²) in [6.07, 6.45) is 7.44. The predicted molar refractivity (Wildman–Crippen MR) is 60.3 cm³/mol. The van der Waals surface area contributed by atoms with Crippen LogP contribution in [0.1, 0.15) is 25.0 Å². The molecule has 1 aromatic rings. The quantitative estimate of drug-likeness (QED) is 0.775. The molecule has 0 saturated carbocycles. The molecule has 1 saturated heterocycles. The molecule has 0 atom stereocenters. The standard InChI is InChI=1S/C11H20N4/c12-4-1-10-2-5-15(6-3-10)8-11-7-13-9-14-11/h7,9-10H,1-6,8,12H2,(H,13,14). The molecule has 1 aromatic heterocycles. The summed E-state index contributed by atoms with van der Waals surface area (Å²) in [6.45, 7) is 4.24. The number of nitrogens with zero attached hydrogens (tertiary/aromatic N) is 2. The summed E-state index contributed by atoms with van der Waals surface area (Å²) in [4.78, 5) is 9.67. The summed E-state index contributed by atoms with van der Waals surface area (Å²) in [7, 11) is 0. The number of aromatic nitrogens is 2. The first-order chi connectivity index (χ1) is 7.38. The van der Waals surface area contributed by atoms with Crippen LogP contribution in [-0.2, 0) is 6.54 Å². The molecule has 0 aliphatic carbocycles. The zero-order valence-electron chi connectivity index (χ0n) is 9.15. The number of hydrogen-bond acceptors (Lipinski definition) is 3. The van der Waals surface area contributed by atoms with Crippen LogP contribution in [0.5, 0.6) is 0 Å². The molecular weight excluding hydrogens is 188 g/mol. The number of likely N-dealkylation sites (tertiary alicyclic amines) is 1. The Kier molecular flexibility index (Phi) is 3.75. The molecule has 2 heterocycles. The Hall–Kier alpha value is -0.870. The van der Waals surface area contributed by atoms with Gasteiger partial charge in [0.2, 0.25) is 0 Å². The molecule has 0 spiro atoms. The fourth-order valence-corrected chi connectivity index (χ4v) is 2.28. The monoisotopic (exact) mass is 208 g/mol. The fraction of sp³-hybridized carbons (Fsp3) is 0.727. The Morgan fingerprint density at radius 2 is 2.27 bits per heavy atom.